The number of anilines is 2. The highest BCUT2D eigenvalue weighted by Gasteiger charge is 2.35. The van der Waals surface area contributed by atoms with Gasteiger partial charge in [-0.3, -0.25) is 9.78 Å². The van der Waals surface area contributed by atoms with Crippen LogP contribution in [-0.4, -0.2) is 38.5 Å². The molecule has 0 aliphatic carbocycles. The predicted octanol–water partition coefficient (Wildman–Crippen LogP) is 3.73. The molecule has 8 nitrogen and oxygen atoms in total. The number of ether oxygens (including phenoxy) is 1. The predicted molar refractivity (Wildman–Crippen MR) is 122 cm³/mol. The fraction of sp³-hybridized carbons (Fsp3) is 0.391. The zero-order valence-corrected chi connectivity index (χ0v) is 18.3. The Kier molecular flexibility index (Phi) is 5.49. The summed E-state index contributed by atoms with van der Waals surface area (Å²) in [6, 6.07) is 5.76. The molecule has 2 atom stereocenters. The number of pyridine rings is 1. The molecule has 0 radical (unpaired) electrons. The Morgan fingerprint density at radius 2 is 2.06 bits per heavy atom. The molecule has 0 saturated heterocycles. The van der Waals surface area contributed by atoms with Crippen LogP contribution in [0.3, 0.4) is 0 Å². The third kappa shape index (κ3) is 4.16. The first-order chi connectivity index (χ1) is 14.8. The van der Waals surface area contributed by atoms with E-state index in [9.17, 15) is 4.79 Å². The molecule has 3 heterocycles. The number of aromatic nitrogens is 3. The van der Waals surface area contributed by atoms with Crippen LogP contribution in [0.4, 0.5) is 11.6 Å². The fourth-order valence-corrected chi connectivity index (χ4v) is 3.66. The second-order valence-corrected chi connectivity index (χ2v) is 8.49. The number of carbonyl (C=O) groups is 1. The van der Waals surface area contributed by atoms with Gasteiger partial charge >= 0.3 is 0 Å². The zero-order chi connectivity index (χ0) is 22.2. The highest BCUT2D eigenvalue weighted by molar-refractivity contribution is 6.01. The summed E-state index contributed by atoms with van der Waals surface area (Å²) in [5.41, 5.74) is 8.35. The number of nitrogens with two attached hydrogens (primary N) is 1. The lowest BCUT2D eigenvalue weighted by Crippen LogP contribution is -2.45. The Morgan fingerprint density at radius 1 is 1.26 bits per heavy atom. The standard InChI is InChI=1S/C23H28N6O2/c1-5-6-17(13(2)24)28-22-26-11-15-10-25-12-16(20(15)29-22)14-7-8-19-18(9-14)27-21(30)23(3,4)31-19/h7-13,17H,5-6,24H2,1-4H3,(H,27,30)(H,26,28,29)/t13-,17+/m0/s1. The molecule has 0 bridgehead atoms. The van der Waals surface area contributed by atoms with Gasteiger partial charge < -0.3 is 21.1 Å². The van der Waals surface area contributed by atoms with Crippen molar-refractivity contribution in [2.45, 2.75) is 58.2 Å². The van der Waals surface area contributed by atoms with Crippen molar-refractivity contribution in [3.63, 3.8) is 0 Å². The quantitative estimate of drug-likeness (QED) is 0.556. The van der Waals surface area contributed by atoms with Gasteiger partial charge in [0, 0.05) is 41.6 Å². The van der Waals surface area contributed by atoms with E-state index in [0.717, 1.165) is 34.9 Å². The van der Waals surface area contributed by atoms with Crippen LogP contribution in [0, 0.1) is 0 Å². The Hall–Kier alpha value is -3.26. The normalized spacial score (nSPS) is 16.7. The minimum absolute atomic E-state index is 0.0235. The van der Waals surface area contributed by atoms with E-state index in [1.54, 1.807) is 32.4 Å². The summed E-state index contributed by atoms with van der Waals surface area (Å²) in [5, 5.41) is 7.13. The summed E-state index contributed by atoms with van der Waals surface area (Å²) in [6.07, 6.45) is 7.22. The number of nitrogens with zero attached hydrogens (tertiary/aromatic N) is 3. The minimum Gasteiger partial charge on any atom is -0.476 e. The van der Waals surface area contributed by atoms with E-state index < -0.39 is 5.60 Å². The lowest BCUT2D eigenvalue weighted by molar-refractivity contribution is -0.129. The number of fused-ring (bicyclic) bond motifs is 2. The van der Waals surface area contributed by atoms with Gasteiger partial charge in [0.2, 0.25) is 5.95 Å². The molecule has 0 unspecified atom stereocenters. The Labute approximate surface area is 181 Å². The van der Waals surface area contributed by atoms with Gasteiger partial charge in [0.25, 0.3) is 5.91 Å². The van der Waals surface area contributed by atoms with Gasteiger partial charge in [-0.1, -0.05) is 19.4 Å². The highest BCUT2D eigenvalue weighted by atomic mass is 16.5. The summed E-state index contributed by atoms with van der Waals surface area (Å²) < 4.78 is 5.84. The molecule has 0 spiro atoms. The lowest BCUT2D eigenvalue weighted by atomic mass is 10.0. The van der Waals surface area contributed by atoms with Crippen LogP contribution in [0.15, 0.2) is 36.8 Å². The monoisotopic (exact) mass is 420 g/mol. The van der Waals surface area contributed by atoms with Crippen molar-refractivity contribution < 1.29 is 9.53 Å². The lowest BCUT2D eigenvalue weighted by Gasteiger charge is -2.31. The molecule has 8 heteroatoms. The summed E-state index contributed by atoms with van der Waals surface area (Å²) >= 11 is 0. The number of hydrogen-bond donors (Lipinski definition) is 3. The van der Waals surface area contributed by atoms with Gasteiger partial charge in [-0.15, -0.1) is 0 Å². The first kappa shape index (κ1) is 21.0. The van der Waals surface area contributed by atoms with Gasteiger partial charge in [-0.2, -0.15) is 0 Å². The van der Waals surface area contributed by atoms with Crippen LogP contribution in [0.2, 0.25) is 0 Å². The van der Waals surface area contributed by atoms with Crippen molar-refractivity contribution in [2.24, 2.45) is 5.73 Å². The first-order valence-corrected chi connectivity index (χ1v) is 10.6. The molecule has 3 aromatic rings. The van der Waals surface area contributed by atoms with Gasteiger partial charge in [0.1, 0.15) is 5.75 Å². The smallest absolute Gasteiger partial charge is 0.268 e. The van der Waals surface area contributed by atoms with Gasteiger partial charge in [0.15, 0.2) is 5.60 Å². The van der Waals surface area contributed by atoms with E-state index in [1.807, 2.05) is 25.1 Å². The maximum absolute atomic E-state index is 12.3. The Balaban J connectivity index is 1.73. The van der Waals surface area contributed by atoms with E-state index in [1.165, 1.54) is 0 Å². The van der Waals surface area contributed by atoms with Gasteiger partial charge in [-0.25, -0.2) is 9.97 Å². The van der Waals surface area contributed by atoms with E-state index in [-0.39, 0.29) is 18.0 Å². The van der Waals surface area contributed by atoms with Crippen LogP contribution < -0.4 is 21.1 Å². The van der Waals surface area contributed by atoms with E-state index >= 15 is 0 Å². The maximum atomic E-state index is 12.3. The second kappa shape index (κ2) is 8.11. The Morgan fingerprint density at radius 3 is 2.81 bits per heavy atom. The molecule has 4 rings (SSSR count). The third-order valence-corrected chi connectivity index (χ3v) is 5.49. The molecule has 2 aromatic heterocycles. The average Bonchev–Trinajstić information content (AvgIpc) is 2.73. The first-order valence-electron chi connectivity index (χ1n) is 10.6. The highest BCUT2D eigenvalue weighted by Crippen LogP contribution is 2.37. The van der Waals surface area contributed by atoms with Crippen LogP contribution in [0.1, 0.15) is 40.5 Å². The minimum atomic E-state index is -0.904. The van der Waals surface area contributed by atoms with Gasteiger partial charge in [0.05, 0.1) is 11.2 Å². The number of rotatable bonds is 6. The molecule has 31 heavy (non-hydrogen) atoms. The van der Waals surface area contributed by atoms with Crippen molar-refractivity contribution in [1.29, 1.82) is 0 Å². The number of benzene rings is 1. The molecule has 162 valence electrons. The average molecular weight is 421 g/mol. The molecule has 0 saturated carbocycles. The number of nitrogens with one attached hydrogen (secondary N) is 2. The largest absolute Gasteiger partial charge is 0.476 e. The molecule has 1 amide bonds. The maximum Gasteiger partial charge on any atom is 0.268 e. The Bertz CT molecular complexity index is 1130. The summed E-state index contributed by atoms with van der Waals surface area (Å²) in [5.74, 6) is 0.991. The van der Waals surface area contributed by atoms with Crippen LogP contribution in [0.25, 0.3) is 22.0 Å². The summed E-state index contributed by atoms with van der Waals surface area (Å²) in [6.45, 7) is 7.59. The third-order valence-electron chi connectivity index (χ3n) is 5.49. The van der Waals surface area contributed by atoms with Crippen LogP contribution in [-0.2, 0) is 4.79 Å². The zero-order valence-electron chi connectivity index (χ0n) is 18.3. The molecular weight excluding hydrogens is 392 g/mol. The van der Waals surface area contributed by atoms with E-state index in [4.69, 9.17) is 15.5 Å². The van der Waals surface area contributed by atoms with Crippen LogP contribution >= 0.6 is 0 Å². The second-order valence-electron chi connectivity index (χ2n) is 8.49. The van der Waals surface area contributed by atoms with Crippen molar-refractivity contribution in [1.82, 2.24) is 15.0 Å². The van der Waals surface area contributed by atoms with Gasteiger partial charge in [-0.05, 0) is 44.9 Å². The van der Waals surface area contributed by atoms with E-state index in [0.29, 0.717) is 17.4 Å². The van der Waals surface area contributed by atoms with Crippen molar-refractivity contribution in [2.75, 3.05) is 10.6 Å². The molecule has 1 aliphatic heterocycles. The molecular formula is C23H28N6O2. The van der Waals surface area contributed by atoms with Crippen molar-refractivity contribution in [3.05, 3.63) is 36.8 Å². The molecule has 1 aromatic carbocycles. The topological polar surface area (TPSA) is 115 Å². The number of carbonyl (C=O) groups excluding carboxylic acids is 1. The van der Waals surface area contributed by atoms with Crippen molar-refractivity contribution in [3.8, 4) is 16.9 Å². The SMILES string of the molecule is CCC[C@@H](Nc1ncc2cncc(-c3ccc4c(c3)NC(=O)C(C)(C)O4)c2n1)[C@H](C)N. The summed E-state index contributed by atoms with van der Waals surface area (Å²) in [7, 11) is 0. The fourth-order valence-electron chi connectivity index (χ4n) is 3.66. The molecule has 1 aliphatic rings. The van der Waals surface area contributed by atoms with E-state index in [2.05, 4.69) is 27.5 Å². The number of amides is 1. The van der Waals surface area contributed by atoms with Crippen molar-refractivity contribution >= 4 is 28.4 Å². The molecule has 4 N–H and O–H groups in total. The number of hydrogen-bond acceptors (Lipinski definition) is 7. The summed E-state index contributed by atoms with van der Waals surface area (Å²) in [4.78, 5) is 25.9. The van der Waals surface area contributed by atoms with Crippen LogP contribution in [0.5, 0.6) is 5.75 Å². The molecule has 0 fully saturated rings.